The van der Waals surface area contributed by atoms with Crippen LogP contribution in [0.3, 0.4) is 0 Å². The summed E-state index contributed by atoms with van der Waals surface area (Å²) in [6.45, 7) is 4.43. The van der Waals surface area contributed by atoms with E-state index in [2.05, 4.69) is 31.5 Å². The minimum Gasteiger partial charge on any atom is -0.494 e. The molecular weight excluding hydrogens is 756 g/mol. The largest absolute Gasteiger partial charge is 0.494 e. The number of para-hydroxylation sites is 1. The summed E-state index contributed by atoms with van der Waals surface area (Å²) in [4.78, 5) is 59.9. The molecule has 9 rings (SSSR count). The number of methoxy groups -OCH3 is 1. The number of halogens is 3. The minimum atomic E-state index is -4.67. The average Bonchev–Trinajstić information content (AvgIpc) is 3.89. The summed E-state index contributed by atoms with van der Waals surface area (Å²) in [5.74, 6) is -0.625. The fourth-order valence-electron chi connectivity index (χ4n) is 8.99. The van der Waals surface area contributed by atoms with Crippen molar-refractivity contribution in [2.45, 2.75) is 75.7 Å². The maximum atomic E-state index is 13.9. The molecule has 3 amide bonds. The molecule has 0 radical (unpaired) electrons. The molecule has 2 aliphatic carbocycles. The van der Waals surface area contributed by atoms with E-state index in [9.17, 15) is 32.3 Å². The zero-order chi connectivity index (χ0) is 40.3. The number of amides is 3. The van der Waals surface area contributed by atoms with Gasteiger partial charge in [-0.15, -0.1) is 0 Å². The lowest BCUT2D eigenvalue weighted by atomic mass is 9.85. The van der Waals surface area contributed by atoms with Crippen LogP contribution in [0.25, 0.3) is 21.9 Å². The number of imide groups is 1. The number of carbonyl (C=O) groups excluding carboxylic acids is 3. The van der Waals surface area contributed by atoms with Crippen LogP contribution >= 0.6 is 0 Å². The molecule has 304 valence electrons. The van der Waals surface area contributed by atoms with Gasteiger partial charge >= 0.3 is 11.9 Å². The lowest BCUT2D eigenvalue weighted by Crippen LogP contribution is -2.48. The summed E-state index contributed by atoms with van der Waals surface area (Å²) >= 11 is 0. The number of carbonyl (C=O) groups is 3. The first-order valence-electron chi connectivity index (χ1n) is 19.9. The molecule has 1 unspecified atom stereocenters. The number of piperazine rings is 1. The van der Waals surface area contributed by atoms with E-state index in [4.69, 9.17) is 9.84 Å². The molecule has 2 aromatic carbocycles. The molecule has 14 nitrogen and oxygen atoms in total. The Morgan fingerprint density at radius 3 is 2.36 bits per heavy atom. The molecule has 2 saturated carbocycles. The van der Waals surface area contributed by atoms with Gasteiger partial charge in [0.1, 0.15) is 23.2 Å². The molecule has 2 N–H and O–H groups in total. The third-order valence-electron chi connectivity index (χ3n) is 12.1. The van der Waals surface area contributed by atoms with Crippen LogP contribution in [0.4, 0.5) is 24.5 Å². The van der Waals surface area contributed by atoms with Gasteiger partial charge in [-0.25, -0.2) is 9.78 Å². The fourth-order valence-corrected chi connectivity index (χ4v) is 8.99. The van der Waals surface area contributed by atoms with Crippen LogP contribution in [0.5, 0.6) is 5.75 Å². The van der Waals surface area contributed by atoms with Gasteiger partial charge in [0, 0.05) is 62.8 Å². The number of alkyl halides is 3. The number of nitrogens with zero attached hydrogens (tertiary/aromatic N) is 7. The van der Waals surface area contributed by atoms with E-state index >= 15 is 0 Å². The highest BCUT2D eigenvalue weighted by molar-refractivity contribution is 6.05. The SMILES string of the molecule is COc1cc2nn(C3CCC(CN4CCN(c5cccc6c5n(C5CC5)c(=O)n6C5CCC(=O)NC5=O)CC4)CC3)cc2cc1NC(=O)c1cccc(C(F)(F)F)n1. The summed E-state index contributed by atoms with van der Waals surface area (Å²) in [5, 5.41) is 10.7. The lowest BCUT2D eigenvalue weighted by molar-refractivity contribution is -0.141. The van der Waals surface area contributed by atoms with Gasteiger partial charge in [0.2, 0.25) is 11.8 Å². The minimum absolute atomic E-state index is 0.120. The Balaban J connectivity index is 0.826. The summed E-state index contributed by atoms with van der Waals surface area (Å²) in [5.41, 5.74) is 1.94. The van der Waals surface area contributed by atoms with Crippen LogP contribution in [0.1, 0.15) is 85.7 Å². The van der Waals surface area contributed by atoms with Crippen molar-refractivity contribution in [3.63, 3.8) is 0 Å². The van der Waals surface area contributed by atoms with Gasteiger partial charge in [-0.2, -0.15) is 18.3 Å². The molecule has 5 aromatic rings. The summed E-state index contributed by atoms with van der Waals surface area (Å²) < 4.78 is 50.5. The van der Waals surface area contributed by atoms with Gasteiger partial charge in [0.25, 0.3) is 5.91 Å². The number of hydrogen-bond donors (Lipinski definition) is 2. The zero-order valence-corrected chi connectivity index (χ0v) is 32.0. The molecule has 17 heteroatoms. The Labute approximate surface area is 330 Å². The molecule has 1 atom stereocenters. The van der Waals surface area contributed by atoms with Crippen molar-refractivity contribution in [1.82, 2.24) is 34.1 Å². The third-order valence-corrected chi connectivity index (χ3v) is 12.1. The number of anilines is 2. The third kappa shape index (κ3) is 7.20. The topological polar surface area (TPSA) is 149 Å². The quantitative estimate of drug-likeness (QED) is 0.180. The van der Waals surface area contributed by atoms with Crippen molar-refractivity contribution in [3.05, 3.63) is 76.6 Å². The van der Waals surface area contributed by atoms with Gasteiger partial charge in [-0.1, -0.05) is 12.1 Å². The number of aromatic nitrogens is 5. The van der Waals surface area contributed by atoms with Gasteiger partial charge in [0.15, 0.2) is 0 Å². The van der Waals surface area contributed by atoms with Gasteiger partial charge in [-0.05, 0) is 81.2 Å². The Bertz CT molecular complexity index is 2470. The van der Waals surface area contributed by atoms with E-state index in [1.165, 1.54) is 13.2 Å². The zero-order valence-electron chi connectivity index (χ0n) is 32.0. The van der Waals surface area contributed by atoms with Crippen molar-refractivity contribution < 1.29 is 32.3 Å². The number of piperidine rings is 1. The fraction of sp³-hybridized carbons (Fsp3) is 0.463. The molecule has 3 aromatic heterocycles. The number of nitrogens with one attached hydrogen (secondary N) is 2. The predicted octanol–water partition coefficient (Wildman–Crippen LogP) is 5.69. The van der Waals surface area contributed by atoms with E-state index in [1.807, 2.05) is 27.6 Å². The molecule has 0 spiro atoms. The monoisotopic (exact) mass is 799 g/mol. The molecule has 58 heavy (non-hydrogen) atoms. The van der Waals surface area contributed by atoms with Crippen LogP contribution in [0.2, 0.25) is 0 Å². The van der Waals surface area contributed by atoms with Gasteiger partial charge in [-0.3, -0.25) is 38.4 Å². The summed E-state index contributed by atoms with van der Waals surface area (Å²) in [6, 6.07) is 12.2. The number of pyridine rings is 1. The second-order valence-electron chi connectivity index (χ2n) is 15.9. The van der Waals surface area contributed by atoms with Crippen molar-refractivity contribution in [3.8, 4) is 5.75 Å². The number of benzene rings is 2. The number of hydrogen-bond acceptors (Lipinski definition) is 9. The highest BCUT2D eigenvalue weighted by Crippen LogP contribution is 2.41. The van der Waals surface area contributed by atoms with E-state index in [-0.39, 0.29) is 35.8 Å². The van der Waals surface area contributed by atoms with Crippen LogP contribution in [0.15, 0.2) is 59.5 Å². The normalized spacial score (nSPS) is 22.1. The maximum absolute atomic E-state index is 13.9. The Hall–Kier alpha value is -5.71. The maximum Gasteiger partial charge on any atom is 0.433 e. The van der Waals surface area contributed by atoms with Crippen molar-refractivity contribution >= 4 is 51.0 Å². The highest BCUT2D eigenvalue weighted by Gasteiger charge is 2.37. The smallest absolute Gasteiger partial charge is 0.433 e. The van der Waals surface area contributed by atoms with Crippen molar-refractivity contribution in [2.75, 3.05) is 50.1 Å². The standard InChI is InChI=1S/C41H44F3N9O5/c1-58-34-21-29-25(20-30(34)46-38(55)28-4-2-7-35(45-28)41(42,43)44)23-51(48-29)26-10-8-24(9-11-26)22-49-16-18-50(19-17-49)31-5-3-6-32-37(31)52(27-12-13-27)40(57)53(32)33-14-15-36(54)47-39(33)56/h2-7,20-21,23-24,26-27,33H,8-19,22H2,1H3,(H,46,55)(H,47,54,56). The van der Waals surface area contributed by atoms with E-state index < -0.39 is 29.7 Å². The van der Waals surface area contributed by atoms with E-state index in [1.54, 1.807) is 16.7 Å². The second kappa shape index (κ2) is 14.9. The number of fused-ring (bicyclic) bond motifs is 2. The number of ether oxygens (including phenoxy) is 1. The first-order valence-corrected chi connectivity index (χ1v) is 19.9. The van der Waals surface area contributed by atoms with Gasteiger partial charge < -0.3 is 15.0 Å². The average molecular weight is 800 g/mol. The molecule has 2 aliphatic heterocycles. The molecule has 2 saturated heterocycles. The second-order valence-corrected chi connectivity index (χ2v) is 15.9. The first-order chi connectivity index (χ1) is 27.9. The predicted molar refractivity (Wildman–Crippen MR) is 209 cm³/mol. The van der Waals surface area contributed by atoms with E-state index in [0.717, 1.165) is 105 Å². The van der Waals surface area contributed by atoms with Crippen molar-refractivity contribution in [1.29, 1.82) is 0 Å². The molecular formula is C41H44F3N9O5. The Kier molecular flexibility index (Phi) is 9.73. The van der Waals surface area contributed by atoms with Crippen molar-refractivity contribution in [2.24, 2.45) is 5.92 Å². The Morgan fingerprint density at radius 1 is 0.914 bits per heavy atom. The van der Waals surface area contributed by atoms with Gasteiger partial charge in [0.05, 0.1) is 41.1 Å². The summed E-state index contributed by atoms with van der Waals surface area (Å²) in [6.07, 6.45) is 3.68. The van der Waals surface area contributed by atoms with Crippen LogP contribution in [-0.4, -0.2) is 86.4 Å². The van der Waals surface area contributed by atoms with Crippen LogP contribution in [-0.2, 0) is 15.8 Å². The molecule has 4 aliphatic rings. The highest BCUT2D eigenvalue weighted by atomic mass is 19.4. The molecule has 5 heterocycles. The number of imidazole rings is 1. The van der Waals surface area contributed by atoms with Crippen LogP contribution in [0, 0.1) is 5.92 Å². The Morgan fingerprint density at radius 2 is 1.66 bits per heavy atom. The number of rotatable bonds is 9. The first kappa shape index (κ1) is 37.8. The van der Waals surface area contributed by atoms with Crippen LogP contribution < -0.4 is 26.0 Å². The molecule has 4 fully saturated rings. The molecule has 0 bridgehead atoms. The summed E-state index contributed by atoms with van der Waals surface area (Å²) in [7, 11) is 1.45. The lowest BCUT2D eigenvalue weighted by Gasteiger charge is -2.39. The van der Waals surface area contributed by atoms with E-state index in [0.29, 0.717) is 29.3 Å².